The number of nitriles is 1. The van der Waals surface area contributed by atoms with E-state index in [4.69, 9.17) is 5.26 Å². The molecule has 1 atom stereocenters. The Labute approximate surface area is 164 Å². The summed E-state index contributed by atoms with van der Waals surface area (Å²) in [5.41, 5.74) is 4.24. The minimum absolute atomic E-state index is 0.229. The van der Waals surface area contributed by atoms with Crippen LogP contribution in [0.25, 0.3) is 0 Å². The Hall–Kier alpha value is -3.24. The molecular weight excluding hydrogens is 372 g/mol. The van der Waals surface area contributed by atoms with Crippen LogP contribution in [0.15, 0.2) is 59.8 Å². The Balaban J connectivity index is 2.10. The van der Waals surface area contributed by atoms with E-state index in [0.29, 0.717) is 5.82 Å². The average molecular weight is 392 g/mol. The number of rotatable bonds is 5. The summed E-state index contributed by atoms with van der Waals surface area (Å²) in [6.07, 6.45) is 4.08. The lowest BCUT2D eigenvalue weighted by Gasteiger charge is -2.23. The first-order chi connectivity index (χ1) is 13.3. The monoisotopic (exact) mass is 392 g/mol. The van der Waals surface area contributed by atoms with Gasteiger partial charge in [0.05, 0.1) is 23.3 Å². The molecule has 28 heavy (non-hydrogen) atoms. The minimum Gasteiger partial charge on any atom is -0.358 e. The molecule has 0 fully saturated rings. The molecule has 2 aromatic carbocycles. The number of hydrogen-bond acceptors (Lipinski definition) is 6. The first kappa shape index (κ1) is 19.5. The van der Waals surface area contributed by atoms with E-state index in [0.717, 1.165) is 22.3 Å². The summed E-state index contributed by atoms with van der Waals surface area (Å²) in [5, 5.41) is 12.2. The molecule has 0 aliphatic carbocycles. The van der Waals surface area contributed by atoms with Gasteiger partial charge >= 0.3 is 0 Å². The Morgan fingerprint density at radius 1 is 1.07 bits per heavy atom. The lowest BCUT2D eigenvalue weighted by molar-refractivity contribution is 0.601. The molecule has 1 N–H and O–H groups in total. The van der Waals surface area contributed by atoms with Gasteiger partial charge in [-0.3, -0.25) is 0 Å². The van der Waals surface area contributed by atoms with Crippen molar-refractivity contribution >= 4 is 15.7 Å². The number of sulfone groups is 1. The van der Waals surface area contributed by atoms with Crippen molar-refractivity contribution in [2.75, 3.05) is 11.6 Å². The van der Waals surface area contributed by atoms with Crippen LogP contribution in [0, 0.1) is 25.2 Å². The molecule has 0 spiro atoms. The highest BCUT2D eigenvalue weighted by molar-refractivity contribution is 7.90. The Kier molecular flexibility index (Phi) is 5.43. The molecular formula is C21H20N4O2S. The summed E-state index contributed by atoms with van der Waals surface area (Å²) in [4.78, 5) is 8.55. The topological polar surface area (TPSA) is 95.7 Å². The SMILES string of the molecule is Cc1ccc(C(Nc2cnc(C#N)cn2)c2cccc(S(C)(=O)=O)c2)c(C)c1. The predicted molar refractivity (Wildman–Crippen MR) is 108 cm³/mol. The van der Waals surface area contributed by atoms with Gasteiger partial charge in [0.25, 0.3) is 0 Å². The number of nitrogens with one attached hydrogen (secondary N) is 1. The van der Waals surface area contributed by atoms with Crippen molar-refractivity contribution in [3.05, 3.63) is 82.8 Å². The van der Waals surface area contributed by atoms with Gasteiger partial charge in [-0.25, -0.2) is 18.4 Å². The van der Waals surface area contributed by atoms with Gasteiger partial charge in [0, 0.05) is 6.26 Å². The number of nitrogens with zero attached hydrogens (tertiary/aromatic N) is 3. The third-order valence-electron chi connectivity index (χ3n) is 4.41. The van der Waals surface area contributed by atoms with E-state index < -0.39 is 9.84 Å². The van der Waals surface area contributed by atoms with Crippen LogP contribution in [0.4, 0.5) is 5.82 Å². The third-order valence-corrected chi connectivity index (χ3v) is 5.52. The zero-order valence-corrected chi connectivity index (χ0v) is 16.7. The van der Waals surface area contributed by atoms with Crippen molar-refractivity contribution in [1.82, 2.24) is 9.97 Å². The van der Waals surface area contributed by atoms with E-state index in [1.807, 2.05) is 38.1 Å². The van der Waals surface area contributed by atoms with Gasteiger partial charge in [-0.1, -0.05) is 35.9 Å². The number of aromatic nitrogens is 2. The second kappa shape index (κ2) is 7.79. The highest BCUT2D eigenvalue weighted by Gasteiger charge is 2.19. The molecule has 6 nitrogen and oxygen atoms in total. The molecule has 1 unspecified atom stereocenters. The van der Waals surface area contributed by atoms with Crippen LogP contribution in [0.1, 0.15) is 34.0 Å². The fourth-order valence-electron chi connectivity index (χ4n) is 3.02. The molecule has 0 saturated carbocycles. The summed E-state index contributed by atoms with van der Waals surface area (Å²) in [5.74, 6) is 0.494. The number of aryl methyl sites for hydroxylation is 2. The Bertz CT molecular complexity index is 1150. The number of benzene rings is 2. The fraction of sp³-hybridized carbons (Fsp3) is 0.190. The second-order valence-corrected chi connectivity index (χ2v) is 8.70. The van der Waals surface area contributed by atoms with Crippen molar-refractivity contribution in [1.29, 1.82) is 5.26 Å². The average Bonchev–Trinajstić information content (AvgIpc) is 2.66. The minimum atomic E-state index is -3.33. The molecule has 7 heteroatoms. The smallest absolute Gasteiger partial charge is 0.175 e. The third kappa shape index (κ3) is 4.35. The predicted octanol–water partition coefficient (Wildman–Crippen LogP) is 3.57. The zero-order valence-electron chi connectivity index (χ0n) is 15.8. The van der Waals surface area contributed by atoms with Crippen LogP contribution in [0.3, 0.4) is 0 Å². The highest BCUT2D eigenvalue weighted by Crippen LogP contribution is 2.30. The fourth-order valence-corrected chi connectivity index (χ4v) is 3.70. The molecule has 0 aliphatic rings. The summed E-state index contributed by atoms with van der Waals surface area (Å²) >= 11 is 0. The highest BCUT2D eigenvalue weighted by atomic mass is 32.2. The van der Waals surface area contributed by atoms with Gasteiger partial charge in [-0.05, 0) is 42.7 Å². The molecule has 3 rings (SSSR count). The lowest BCUT2D eigenvalue weighted by Crippen LogP contribution is -2.15. The molecule has 1 heterocycles. The summed E-state index contributed by atoms with van der Waals surface area (Å²) in [6, 6.07) is 14.6. The van der Waals surface area contributed by atoms with E-state index in [1.165, 1.54) is 18.6 Å². The maximum absolute atomic E-state index is 12.0. The van der Waals surface area contributed by atoms with E-state index in [-0.39, 0.29) is 16.6 Å². The second-order valence-electron chi connectivity index (χ2n) is 6.68. The van der Waals surface area contributed by atoms with Crippen molar-refractivity contribution in [2.24, 2.45) is 0 Å². The van der Waals surface area contributed by atoms with Gasteiger partial charge in [0.2, 0.25) is 0 Å². The molecule has 0 radical (unpaired) electrons. The van der Waals surface area contributed by atoms with Gasteiger partial charge < -0.3 is 5.32 Å². The first-order valence-corrected chi connectivity index (χ1v) is 10.5. The number of hydrogen-bond donors (Lipinski definition) is 1. The quantitative estimate of drug-likeness (QED) is 0.713. The van der Waals surface area contributed by atoms with Crippen LogP contribution in [-0.4, -0.2) is 24.6 Å². The molecule has 0 aliphatic heterocycles. The number of anilines is 1. The van der Waals surface area contributed by atoms with Crippen molar-refractivity contribution in [3.8, 4) is 6.07 Å². The maximum atomic E-state index is 12.0. The Morgan fingerprint density at radius 2 is 1.86 bits per heavy atom. The van der Waals surface area contributed by atoms with Crippen LogP contribution >= 0.6 is 0 Å². The van der Waals surface area contributed by atoms with Gasteiger partial charge in [0.1, 0.15) is 11.9 Å². The maximum Gasteiger partial charge on any atom is 0.175 e. The van der Waals surface area contributed by atoms with Crippen molar-refractivity contribution in [2.45, 2.75) is 24.8 Å². The lowest BCUT2D eigenvalue weighted by atomic mass is 9.94. The van der Waals surface area contributed by atoms with Gasteiger partial charge in [0.15, 0.2) is 15.5 Å². The molecule has 0 bridgehead atoms. The van der Waals surface area contributed by atoms with E-state index in [2.05, 4.69) is 21.4 Å². The largest absolute Gasteiger partial charge is 0.358 e. The van der Waals surface area contributed by atoms with Crippen LogP contribution in [0.2, 0.25) is 0 Å². The molecule has 3 aromatic rings. The standard InChI is InChI=1S/C21H20N4O2S/c1-14-7-8-19(15(2)9-14)21(25-20-13-23-17(11-22)12-24-20)16-5-4-6-18(10-16)28(3,26)27/h4-10,12-13,21H,1-3H3,(H,24,25). The molecule has 142 valence electrons. The van der Waals surface area contributed by atoms with Crippen LogP contribution in [-0.2, 0) is 9.84 Å². The summed E-state index contributed by atoms with van der Waals surface area (Å²) < 4.78 is 24.0. The van der Waals surface area contributed by atoms with E-state index in [9.17, 15) is 8.42 Å². The van der Waals surface area contributed by atoms with Gasteiger partial charge in [-0.15, -0.1) is 0 Å². The van der Waals surface area contributed by atoms with Crippen molar-refractivity contribution < 1.29 is 8.42 Å². The molecule has 0 amide bonds. The van der Waals surface area contributed by atoms with Crippen LogP contribution in [0.5, 0.6) is 0 Å². The summed E-state index contributed by atoms with van der Waals surface area (Å²) in [7, 11) is -3.33. The van der Waals surface area contributed by atoms with E-state index >= 15 is 0 Å². The van der Waals surface area contributed by atoms with Gasteiger partial charge in [-0.2, -0.15) is 5.26 Å². The van der Waals surface area contributed by atoms with E-state index in [1.54, 1.807) is 18.2 Å². The molecule has 0 saturated heterocycles. The van der Waals surface area contributed by atoms with Crippen molar-refractivity contribution in [3.63, 3.8) is 0 Å². The zero-order chi connectivity index (χ0) is 20.3. The normalized spacial score (nSPS) is 12.2. The Morgan fingerprint density at radius 3 is 2.46 bits per heavy atom. The summed E-state index contributed by atoms with van der Waals surface area (Å²) in [6.45, 7) is 4.04. The molecule has 1 aromatic heterocycles. The van der Waals surface area contributed by atoms with Crippen LogP contribution < -0.4 is 5.32 Å². The first-order valence-electron chi connectivity index (χ1n) is 8.64.